The van der Waals surface area contributed by atoms with Crippen molar-refractivity contribution in [3.05, 3.63) is 23.2 Å². The minimum Gasteiger partial charge on any atom is -0.391 e. The number of hydrogen-bond donors (Lipinski definition) is 2. The Morgan fingerprint density at radius 1 is 1.52 bits per heavy atom. The molecule has 4 nitrogen and oxygen atoms in total. The first-order valence-electron chi connectivity index (χ1n) is 7.16. The molecule has 1 unspecified atom stereocenters. The fraction of sp³-hybridized carbons (Fsp3) is 0.533. The van der Waals surface area contributed by atoms with Crippen LogP contribution in [0.1, 0.15) is 26.7 Å². The highest BCUT2D eigenvalue weighted by molar-refractivity contribution is 8.00. The van der Waals surface area contributed by atoms with Crippen LogP contribution >= 0.6 is 23.4 Å². The molecule has 1 atom stereocenters. The third-order valence-electron chi connectivity index (χ3n) is 3.25. The minimum atomic E-state index is -0.423. The van der Waals surface area contributed by atoms with Crippen LogP contribution in [0.15, 0.2) is 23.1 Å². The molecule has 1 heterocycles. The molecule has 2 rings (SSSR count). The number of halogens is 1. The van der Waals surface area contributed by atoms with Gasteiger partial charge in [0.2, 0.25) is 0 Å². The molecule has 1 saturated heterocycles. The van der Waals surface area contributed by atoms with Gasteiger partial charge < -0.3 is 15.3 Å². The molecule has 0 spiro atoms. The summed E-state index contributed by atoms with van der Waals surface area (Å²) in [7, 11) is 0. The first-order valence-corrected chi connectivity index (χ1v) is 8.42. The number of carbonyl (C=O) groups excluding carboxylic acids is 1. The summed E-state index contributed by atoms with van der Waals surface area (Å²) in [5, 5.41) is 13.6. The highest BCUT2D eigenvalue weighted by Crippen LogP contribution is 2.36. The molecule has 1 aliphatic rings. The first kappa shape index (κ1) is 16.5. The van der Waals surface area contributed by atoms with Crippen LogP contribution in [0.3, 0.4) is 0 Å². The number of aliphatic hydroxyl groups excluding tert-OH is 1. The van der Waals surface area contributed by atoms with Crippen LogP contribution < -0.4 is 5.32 Å². The van der Waals surface area contributed by atoms with Gasteiger partial charge in [0, 0.05) is 23.2 Å². The van der Waals surface area contributed by atoms with Gasteiger partial charge in [0.15, 0.2) is 0 Å². The molecule has 116 valence electrons. The van der Waals surface area contributed by atoms with Crippen molar-refractivity contribution in [2.75, 3.05) is 18.4 Å². The average Bonchev–Trinajstić information content (AvgIpc) is 2.42. The minimum absolute atomic E-state index is 0.179. The molecule has 0 radical (unpaired) electrons. The largest absolute Gasteiger partial charge is 0.391 e. The van der Waals surface area contributed by atoms with Gasteiger partial charge >= 0.3 is 6.03 Å². The summed E-state index contributed by atoms with van der Waals surface area (Å²) >= 11 is 7.87. The number of urea groups is 1. The molecule has 1 fully saturated rings. The predicted molar refractivity (Wildman–Crippen MR) is 88.3 cm³/mol. The molecule has 21 heavy (non-hydrogen) atoms. The Hall–Kier alpha value is -0.910. The van der Waals surface area contributed by atoms with E-state index in [0.717, 1.165) is 23.4 Å². The number of amides is 2. The normalized spacial score (nSPS) is 18.9. The monoisotopic (exact) mass is 328 g/mol. The standard InChI is InChI=1S/C15H21ClN2O2S/c1-10(2)21-14-12(16)6-3-7-13(14)17-15(20)18-8-4-5-11(19)9-18/h3,6-7,10-11,19H,4-5,8-9H2,1-2H3,(H,17,20). The Morgan fingerprint density at radius 3 is 2.95 bits per heavy atom. The number of nitrogens with zero attached hydrogens (tertiary/aromatic N) is 1. The van der Waals surface area contributed by atoms with E-state index >= 15 is 0 Å². The van der Waals surface area contributed by atoms with E-state index in [4.69, 9.17) is 11.6 Å². The molecular formula is C15H21ClN2O2S. The number of likely N-dealkylation sites (tertiary alicyclic amines) is 1. The summed E-state index contributed by atoms with van der Waals surface area (Å²) in [5.41, 5.74) is 0.728. The maximum Gasteiger partial charge on any atom is 0.321 e. The summed E-state index contributed by atoms with van der Waals surface area (Å²) in [6, 6.07) is 5.33. The molecule has 0 saturated carbocycles. The van der Waals surface area contributed by atoms with Crippen molar-refractivity contribution in [2.45, 2.75) is 42.9 Å². The van der Waals surface area contributed by atoms with Crippen LogP contribution in [0.5, 0.6) is 0 Å². The highest BCUT2D eigenvalue weighted by atomic mass is 35.5. The third kappa shape index (κ3) is 4.53. The lowest BCUT2D eigenvalue weighted by Crippen LogP contribution is -2.44. The lowest BCUT2D eigenvalue weighted by atomic mass is 10.1. The quantitative estimate of drug-likeness (QED) is 0.829. The summed E-state index contributed by atoms with van der Waals surface area (Å²) in [6.45, 7) is 5.23. The Kier molecular flexibility index (Phi) is 5.79. The zero-order valence-electron chi connectivity index (χ0n) is 12.3. The zero-order chi connectivity index (χ0) is 15.4. The Bertz CT molecular complexity index is 510. The first-order chi connectivity index (χ1) is 9.97. The van der Waals surface area contributed by atoms with Gasteiger partial charge in [-0.15, -0.1) is 11.8 Å². The van der Waals surface area contributed by atoms with Crippen molar-refractivity contribution in [2.24, 2.45) is 0 Å². The van der Waals surface area contributed by atoms with E-state index in [9.17, 15) is 9.90 Å². The predicted octanol–water partition coefficient (Wildman–Crippen LogP) is 3.83. The number of hydrogen-bond acceptors (Lipinski definition) is 3. The molecule has 1 aromatic carbocycles. The number of piperidine rings is 1. The Morgan fingerprint density at radius 2 is 2.29 bits per heavy atom. The van der Waals surface area contributed by atoms with Gasteiger partial charge in [-0.2, -0.15) is 0 Å². The fourth-order valence-electron chi connectivity index (χ4n) is 2.30. The van der Waals surface area contributed by atoms with Crippen molar-refractivity contribution in [3.8, 4) is 0 Å². The molecular weight excluding hydrogens is 308 g/mol. The van der Waals surface area contributed by atoms with Crippen LogP contribution in [0.25, 0.3) is 0 Å². The lowest BCUT2D eigenvalue weighted by molar-refractivity contribution is 0.0883. The molecule has 1 aliphatic heterocycles. The summed E-state index contributed by atoms with van der Waals surface area (Å²) in [6.07, 6.45) is 1.17. The van der Waals surface area contributed by atoms with E-state index in [1.165, 1.54) is 0 Å². The molecule has 6 heteroatoms. The summed E-state index contributed by atoms with van der Waals surface area (Å²) < 4.78 is 0. The molecule has 0 bridgehead atoms. The number of carbonyl (C=O) groups is 1. The summed E-state index contributed by atoms with van der Waals surface area (Å²) in [4.78, 5) is 14.9. The van der Waals surface area contributed by atoms with Crippen molar-refractivity contribution in [1.29, 1.82) is 0 Å². The van der Waals surface area contributed by atoms with Crippen LogP contribution in [0.4, 0.5) is 10.5 Å². The van der Waals surface area contributed by atoms with E-state index in [-0.39, 0.29) is 6.03 Å². The van der Waals surface area contributed by atoms with Gasteiger partial charge in [-0.3, -0.25) is 0 Å². The Labute approximate surface area is 134 Å². The van der Waals surface area contributed by atoms with E-state index in [2.05, 4.69) is 19.2 Å². The van der Waals surface area contributed by atoms with Crippen LogP contribution in [-0.4, -0.2) is 40.5 Å². The number of thioether (sulfide) groups is 1. The van der Waals surface area contributed by atoms with Crippen LogP contribution in [-0.2, 0) is 0 Å². The number of aliphatic hydroxyl groups is 1. The van der Waals surface area contributed by atoms with E-state index in [1.54, 1.807) is 16.7 Å². The molecule has 2 N–H and O–H groups in total. The molecule has 0 aromatic heterocycles. The van der Waals surface area contributed by atoms with Crippen molar-refractivity contribution < 1.29 is 9.90 Å². The van der Waals surface area contributed by atoms with Crippen LogP contribution in [0.2, 0.25) is 5.02 Å². The van der Waals surface area contributed by atoms with E-state index in [1.807, 2.05) is 18.2 Å². The average molecular weight is 329 g/mol. The number of benzene rings is 1. The number of nitrogens with one attached hydrogen (secondary N) is 1. The van der Waals surface area contributed by atoms with Gasteiger partial charge in [0.05, 0.1) is 16.8 Å². The maximum atomic E-state index is 12.3. The van der Waals surface area contributed by atoms with E-state index < -0.39 is 6.10 Å². The number of anilines is 1. The maximum absolute atomic E-state index is 12.3. The molecule has 1 aromatic rings. The third-order valence-corrected chi connectivity index (χ3v) is 4.82. The van der Waals surface area contributed by atoms with Gasteiger partial charge in [-0.25, -0.2) is 4.79 Å². The second-order valence-electron chi connectivity index (χ2n) is 5.46. The van der Waals surface area contributed by atoms with Crippen molar-refractivity contribution in [3.63, 3.8) is 0 Å². The molecule has 2 amide bonds. The second-order valence-corrected chi connectivity index (χ2v) is 7.45. The van der Waals surface area contributed by atoms with Gasteiger partial charge in [0.25, 0.3) is 0 Å². The Balaban J connectivity index is 2.11. The van der Waals surface area contributed by atoms with Crippen LogP contribution in [0, 0.1) is 0 Å². The van der Waals surface area contributed by atoms with Gasteiger partial charge in [-0.1, -0.05) is 31.5 Å². The SMILES string of the molecule is CC(C)Sc1c(Cl)cccc1NC(=O)N1CCCC(O)C1. The highest BCUT2D eigenvalue weighted by Gasteiger charge is 2.23. The summed E-state index contributed by atoms with van der Waals surface area (Å²) in [5.74, 6) is 0. The lowest BCUT2D eigenvalue weighted by Gasteiger charge is -2.30. The zero-order valence-corrected chi connectivity index (χ0v) is 13.9. The fourth-order valence-corrected chi connectivity index (χ4v) is 3.50. The van der Waals surface area contributed by atoms with Gasteiger partial charge in [-0.05, 0) is 25.0 Å². The van der Waals surface area contributed by atoms with Crippen molar-refractivity contribution in [1.82, 2.24) is 4.90 Å². The van der Waals surface area contributed by atoms with E-state index in [0.29, 0.717) is 23.4 Å². The smallest absolute Gasteiger partial charge is 0.321 e. The molecule has 0 aliphatic carbocycles. The number of rotatable bonds is 3. The second kappa shape index (κ2) is 7.38. The van der Waals surface area contributed by atoms with Crippen molar-refractivity contribution >= 4 is 35.1 Å². The topological polar surface area (TPSA) is 52.6 Å². The number of β-amino-alcohol motifs (C(OH)–C–C–N with tert-alkyl or cyclic N) is 1. The van der Waals surface area contributed by atoms with Gasteiger partial charge in [0.1, 0.15) is 0 Å².